The number of non-ortho nitro benzene ring substituents is 1. The van der Waals surface area contributed by atoms with Gasteiger partial charge >= 0.3 is 5.97 Å². The van der Waals surface area contributed by atoms with Gasteiger partial charge in [0.25, 0.3) is 5.69 Å². The number of Topliss-reactive ketones (excluding diaryl/α,β-unsaturated/α-hetero) is 1. The number of fused-ring (bicyclic) bond motifs is 1. The van der Waals surface area contributed by atoms with E-state index in [4.69, 9.17) is 9.47 Å². The minimum Gasteiger partial charge on any atom is -0.452 e. The summed E-state index contributed by atoms with van der Waals surface area (Å²) in [7, 11) is 0. The van der Waals surface area contributed by atoms with Crippen molar-refractivity contribution >= 4 is 23.5 Å². The van der Waals surface area contributed by atoms with Crippen LogP contribution < -0.4 is 9.47 Å². The van der Waals surface area contributed by atoms with Gasteiger partial charge in [0.05, 0.1) is 16.1 Å². The van der Waals surface area contributed by atoms with Crippen LogP contribution in [0.2, 0.25) is 0 Å². The monoisotopic (exact) mass is 415 g/mol. The Morgan fingerprint density at radius 3 is 2.55 bits per heavy atom. The van der Waals surface area contributed by atoms with Crippen molar-refractivity contribution < 1.29 is 24.0 Å². The van der Waals surface area contributed by atoms with Gasteiger partial charge in [0, 0.05) is 18.2 Å². The first-order chi connectivity index (χ1) is 14.8. The highest BCUT2D eigenvalue weighted by atomic mass is 16.6. The fraction of sp³-hybridized carbons (Fsp3) is 0.0833. The van der Waals surface area contributed by atoms with Gasteiger partial charge in [0.1, 0.15) is 11.5 Å². The van der Waals surface area contributed by atoms with Crippen LogP contribution in [0, 0.1) is 24.0 Å². The summed E-state index contributed by atoms with van der Waals surface area (Å²) in [6, 6.07) is 16.1. The van der Waals surface area contributed by atoms with Crippen molar-refractivity contribution in [2.24, 2.45) is 0 Å². The number of carbonyl (C=O) groups excluding carboxylic acids is 2. The third-order valence-corrected chi connectivity index (χ3v) is 4.90. The van der Waals surface area contributed by atoms with Crippen LogP contribution in [-0.4, -0.2) is 16.7 Å². The van der Waals surface area contributed by atoms with Gasteiger partial charge in [0.15, 0.2) is 5.76 Å². The van der Waals surface area contributed by atoms with Crippen molar-refractivity contribution in [1.82, 2.24) is 0 Å². The molecule has 7 nitrogen and oxygen atoms in total. The molecular weight excluding hydrogens is 398 g/mol. The topological polar surface area (TPSA) is 95.7 Å². The maximum Gasteiger partial charge on any atom is 0.343 e. The molecular formula is C24H17NO6. The van der Waals surface area contributed by atoms with Crippen LogP contribution in [0.25, 0.3) is 6.08 Å². The van der Waals surface area contributed by atoms with Gasteiger partial charge in [0.2, 0.25) is 5.78 Å². The summed E-state index contributed by atoms with van der Waals surface area (Å²) in [6.07, 6.45) is 1.45. The number of ketones is 1. The van der Waals surface area contributed by atoms with Crippen LogP contribution in [0.1, 0.15) is 37.4 Å². The number of hydrogen-bond acceptors (Lipinski definition) is 6. The number of rotatable bonds is 4. The molecule has 1 aliphatic rings. The zero-order valence-electron chi connectivity index (χ0n) is 16.7. The molecule has 0 saturated carbocycles. The van der Waals surface area contributed by atoms with Crippen LogP contribution in [0.4, 0.5) is 5.69 Å². The standard InChI is InChI=1S/C24H17NO6/c1-14-6-3-4-9-19(14)24(27)30-18-10-15(2)22-20(13-18)31-21(23(22)26)12-16-7-5-8-17(11-16)25(28)29/h3-13H,1-2H3/b21-12-. The van der Waals surface area contributed by atoms with Gasteiger partial charge in [-0.1, -0.05) is 30.3 Å². The van der Waals surface area contributed by atoms with Crippen molar-refractivity contribution in [2.45, 2.75) is 13.8 Å². The van der Waals surface area contributed by atoms with Gasteiger partial charge in [-0.2, -0.15) is 0 Å². The zero-order valence-corrected chi connectivity index (χ0v) is 16.7. The second-order valence-electron chi connectivity index (χ2n) is 7.11. The number of nitro benzene ring substituents is 1. The summed E-state index contributed by atoms with van der Waals surface area (Å²) in [6.45, 7) is 3.54. The number of nitrogens with zero attached hydrogens (tertiary/aromatic N) is 1. The van der Waals surface area contributed by atoms with Crippen molar-refractivity contribution in [2.75, 3.05) is 0 Å². The highest BCUT2D eigenvalue weighted by Crippen LogP contribution is 2.38. The van der Waals surface area contributed by atoms with E-state index in [0.717, 1.165) is 5.56 Å². The van der Waals surface area contributed by atoms with Crippen LogP contribution in [-0.2, 0) is 0 Å². The molecule has 0 saturated heterocycles. The molecule has 0 fully saturated rings. The van der Waals surface area contributed by atoms with E-state index in [1.807, 2.05) is 19.1 Å². The fourth-order valence-electron chi connectivity index (χ4n) is 3.38. The smallest absolute Gasteiger partial charge is 0.343 e. The van der Waals surface area contributed by atoms with E-state index in [1.165, 1.54) is 30.3 Å². The Morgan fingerprint density at radius 1 is 1.03 bits per heavy atom. The Morgan fingerprint density at radius 2 is 1.81 bits per heavy atom. The van der Waals surface area contributed by atoms with Gasteiger partial charge < -0.3 is 9.47 Å². The number of aryl methyl sites for hydroxylation is 2. The number of esters is 1. The molecule has 0 aromatic heterocycles. The first-order valence-electron chi connectivity index (χ1n) is 9.44. The zero-order chi connectivity index (χ0) is 22.1. The van der Waals surface area contributed by atoms with Crippen molar-refractivity contribution in [1.29, 1.82) is 0 Å². The number of ether oxygens (including phenoxy) is 2. The van der Waals surface area contributed by atoms with E-state index in [0.29, 0.717) is 22.3 Å². The van der Waals surface area contributed by atoms with Crippen molar-refractivity contribution in [3.05, 3.63) is 104 Å². The van der Waals surface area contributed by atoms with E-state index in [2.05, 4.69) is 0 Å². The molecule has 4 rings (SSSR count). The Kier molecular flexibility index (Phi) is 5.09. The van der Waals surface area contributed by atoms with Gasteiger partial charge in [-0.3, -0.25) is 14.9 Å². The second kappa shape index (κ2) is 7.87. The average Bonchev–Trinajstić information content (AvgIpc) is 3.04. The average molecular weight is 415 g/mol. The molecule has 1 heterocycles. The lowest BCUT2D eigenvalue weighted by atomic mass is 10.0. The molecule has 0 amide bonds. The molecule has 0 radical (unpaired) electrons. The third kappa shape index (κ3) is 3.93. The van der Waals surface area contributed by atoms with Crippen LogP contribution in [0.15, 0.2) is 66.4 Å². The molecule has 1 aliphatic heterocycles. The first kappa shape index (κ1) is 20.0. The predicted molar refractivity (Wildman–Crippen MR) is 113 cm³/mol. The lowest BCUT2D eigenvalue weighted by Gasteiger charge is -2.09. The number of hydrogen-bond donors (Lipinski definition) is 0. The van der Waals surface area contributed by atoms with E-state index < -0.39 is 10.9 Å². The number of carbonyl (C=O) groups is 2. The first-order valence-corrected chi connectivity index (χ1v) is 9.44. The van der Waals surface area contributed by atoms with E-state index >= 15 is 0 Å². The molecule has 0 aliphatic carbocycles. The molecule has 0 unspecified atom stereocenters. The normalized spacial score (nSPS) is 13.6. The molecule has 3 aromatic rings. The van der Waals surface area contributed by atoms with Gasteiger partial charge in [-0.25, -0.2) is 4.79 Å². The summed E-state index contributed by atoms with van der Waals surface area (Å²) in [5, 5.41) is 11.0. The van der Waals surface area contributed by atoms with E-state index in [9.17, 15) is 19.7 Å². The highest BCUT2D eigenvalue weighted by molar-refractivity contribution is 6.15. The Bertz CT molecular complexity index is 1270. The predicted octanol–water partition coefficient (Wildman–Crippen LogP) is 5.05. The summed E-state index contributed by atoms with van der Waals surface area (Å²) in [5.74, 6) is -0.269. The SMILES string of the molecule is Cc1ccccc1C(=O)Oc1cc(C)c2c(c1)O/C(=C\c1cccc([N+](=O)[O-])c1)C2=O. The molecule has 7 heteroatoms. The lowest BCUT2D eigenvalue weighted by molar-refractivity contribution is -0.384. The second-order valence-corrected chi connectivity index (χ2v) is 7.11. The van der Waals surface area contributed by atoms with Crippen molar-refractivity contribution in [3.8, 4) is 11.5 Å². The largest absolute Gasteiger partial charge is 0.452 e. The Labute approximate surface area is 177 Å². The molecule has 0 bridgehead atoms. The molecule has 3 aromatic carbocycles. The number of allylic oxidation sites excluding steroid dienone is 1. The lowest BCUT2D eigenvalue weighted by Crippen LogP contribution is -2.10. The molecule has 154 valence electrons. The van der Waals surface area contributed by atoms with Crippen molar-refractivity contribution in [3.63, 3.8) is 0 Å². The molecule has 31 heavy (non-hydrogen) atoms. The summed E-state index contributed by atoms with van der Waals surface area (Å²) < 4.78 is 11.2. The maximum atomic E-state index is 12.8. The fourth-order valence-corrected chi connectivity index (χ4v) is 3.38. The molecule has 0 N–H and O–H groups in total. The minimum atomic E-state index is -0.507. The summed E-state index contributed by atoms with van der Waals surface area (Å²) in [5.41, 5.74) is 2.58. The van der Waals surface area contributed by atoms with E-state index in [1.54, 1.807) is 31.2 Å². The van der Waals surface area contributed by atoms with Crippen LogP contribution in [0.3, 0.4) is 0 Å². The van der Waals surface area contributed by atoms with E-state index in [-0.39, 0.29) is 28.7 Å². The quantitative estimate of drug-likeness (QED) is 0.195. The summed E-state index contributed by atoms with van der Waals surface area (Å²) in [4.78, 5) is 35.8. The minimum absolute atomic E-state index is 0.0426. The number of nitro groups is 1. The van der Waals surface area contributed by atoms with Gasteiger partial charge in [-0.15, -0.1) is 0 Å². The third-order valence-electron chi connectivity index (χ3n) is 4.90. The Hall–Kier alpha value is -4.26. The molecule has 0 atom stereocenters. The Balaban J connectivity index is 1.62. The number of benzene rings is 3. The van der Waals surface area contributed by atoms with Crippen LogP contribution in [0.5, 0.6) is 11.5 Å². The highest BCUT2D eigenvalue weighted by Gasteiger charge is 2.30. The van der Waals surface area contributed by atoms with Gasteiger partial charge in [-0.05, 0) is 48.7 Å². The summed E-state index contributed by atoms with van der Waals surface area (Å²) >= 11 is 0. The molecule has 0 spiro atoms. The maximum absolute atomic E-state index is 12.8. The van der Waals surface area contributed by atoms with Crippen LogP contribution >= 0.6 is 0 Å².